The van der Waals surface area contributed by atoms with Crippen molar-refractivity contribution < 1.29 is 45.8 Å². The van der Waals surface area contributed by atoms with Crippen molar-refractivity contribution in [2.24, 2.45) is 5.92 Å². The van der Waals surface area contributed by atoms with E-state index in [0.717, 1.165) is 12.1 Å². The quantitative estimate of drug-likeness (QED) is 0.114. The number of alkyl halides is 4. The summed E-state index contributed by atoms with van der Waals surface area (Å²) >= 11 is 6.11. The summed E-state index contributed by atoms with van der Waals surface area (Å²) in [5.41, 5.74) is -1.16. The lowest BCUT2D eigenvalue weighted by molar-refractivity contribution is -0.253. The van der Waals surface area contributed by atoms with E-state index < -0.39 is 47.6 Å². The van der Waals surface area contributed by atoms with Gasteiger partial charge in [-0.3, -0.25) is 14.6 Å². The summed E-state index contributed by atoms with van der Waals surface area (Å²) in [6.07, 6.45) is 3.50. The highest BCUT2D eigenvalue weighted by atomic mass is 35.5. The topological polar surface area (TPSA) is 119 Å². The number of rotatable bonds is 14. The van der Waals surface area contributed by atoms with Crippen molar-refractivity contribution >= 4 is 29.5 Å². The third-order valence-corrected chi connectivity index (χ3v) is 8.33. The van der Waals surface area contributed by atoms with Crippen molar-refractivity contribution in [2.45, 2.75) is 69.1 Å². The maximum Gasteiger partial charge on any atom is 0.461 e. The highest BCUT2D eigenvalue weighted by Crippen LogP contribution is 2.39. The van der Waals surface area contributed by atoms with E-state index in [1.165, 1.54) is 25.4 Å². The Morgan fingerprint density at radius 3 is 2.63 bits per heavy atom. The summed E-state index contributed by atoms with van der Waals surface area (Å²) in [4.78, 5) is 42.2. The Morgan fingerprint density at radius 2 is 1.92 bits per heavy atom. The molecule has 3 atom stereocenters. The van der Waals surface area contributed by atoms with E-state index in [1.807, 2.05) is 12.2 Å². The molecule has 49 heavy (non-hydrogen) atoms. The molecule has 0 unspecified atom stereocenters. The van der Waals surface area contributed by atoms with Crippen LogP contribution in [-0.2, 0) is 19.9 Å². The van der Waals surface area contributed by atoms with E-state index in [1.54, 1.807) is 18.2 Å². The number of carbonyl (C=O) groups excluding carboxylic acids is 3. The smallest absolute Gasteiger partial charge is 0.461 e. The van der Waals surface area contributed by atoms with Gasteiger partial charge >= 0.3 is 24.5 Å². The Hall–Kier alpha value is -4.46. The third kappa shape index (κ3) is 10.3. The molecule has 1 saturated carbocycles. The lowest BCUT2D eigenvalue weighted by atomic mass is 9.80. The SMILES string of the molecule is COC(=O)CCCNC(=O)[C@H]1CC[C@@H](NC(=O)N[C@@](CC2=CC=CCC=C2)(c2cc(F)cc(OC(F)(F)C(F)F)c2)c2ccc(Cl)cn2)C1. The van der Waals surface area contributed by atoms with Crippen LogP contribution in [0.1, 0.15) is 56.2 Å². The molecule has 1 heterocycles. The van der Waals surface area contributed by atoms with Crippen LogP contribution in [0.15, 0.2) is 72.5 Å². The second-order valence-corrected chi connectivity index (χ2v) is 12.1. The van der Waals surface area contributed by atoms with Gasteiger partial charge in [0.1, 0.15) is 17.1 Å². The highest BCUT2D eigenvalue weighted by molar-refractivity contribution is 6.30. The number of urea groups is 1. The van der Waals surface area contributed by atoms with Crippen molar-refractivity contribution in [1.82, 2.24) is 20.9 Å². The van der Waals surface area contributed by atoms with E-state index in [9.17, 15) is 31.9 Å². The maximum absolute atomic E-state index is 15.1. The molecule has 1 aromatic carbocycles. The zero-order valence-corrected chi connectivity index (χ0v) is 27.3. The molecule has 0 saturated heterocycles. The number of allylic oxidation sites excluding steroid dienone is 5. The summed E-state index contributed by atoms with van der Waals surface area (Å²) in [6.45, 7) is 0.279. The molecule has 0 bridgehead atoms. The van der Waals surface area contributed by atoms with Crippen LogP contribution in [0, 0.1) is 11.7 Å². The van der Waals surface area contributed by atoms with Crippen LogP contribution in [-0.4, -0.2) is 55.1 Å². The molecular formula is C34H36ClF5N4O5. The van der Waals surface area contributed by atoms with Gasteiger partial charge in [-0.2, -0.15) is 17.6 Å². The van der Waals surface area contributed by atoms with Gasteiger partial charge in [0.2, 0.25) is 5.91 Å². The third-order valence-electron chi connectivity index (χ3n) is 8.11. The molecule has 9 nitrogen and oxygen atoms in total. The summed E-state index contributed by atoms with van der Waals surface area (Å²) < 4.78 is 77.9. The van der Waals surface area contributed by atoms with E-state index in [-0.39, 0.29) is 47.5 Å². The van der Waals surface area contributed by atoms with Gasteiger partial charge in [-0.1, -0.05) is 42.0 Å². The second-order valence-electron chi connectivity index (χ2n) is 11.7. The Balaban J connectivity index is 1.64. The fraction of sp³-hybridized carbons (Fsp3) is 0.412. The first-order chi connectivity index (χ1) is 23.3. The number of esters is 1. The standard InChI is InChI=1S/C34H36ClF5N4O5/c1-48-29(45)9-6-14-41-30(46)22-10-12-26(15-22)43-32(47)44-33(28-13-11-24(35)20-42-28,19-21-7-4-2-3-5-8-21)23-16-25(36)18-27(17-23)49-34(39,40)31(37)38/h2,4-5,7-8,11,13,16-18,20,22,26,31H,3,6,9-10,12,14-15,19H2,1H3,(H,41,46)(H2,43,44,47)/t22-,26+,33-/m0/s1. The van der Waals surface area contributed by atoms with Crippen LogP contribution in [0.25, 0.3) is 0 Å². The molecule has 15 heteroatoms. The van der Waals surface area contributed by atoms with Crippen molar-refractivity contribution in [3.63, 3.8) is 0 Å². The van der Waals surface area contributed by atoms with Crippen LogP contribution in [0.2, 0.25) is 5.02 Å². The number of hydrogen-bond donors (Lipinski definition) is 3. The number of benzene rings is 1. The van der Waals surface area contributed by atoms with Crippen LogP contribution in [0.5, 0.6) is 5.75 Å². The molecule has 264 valence electrons. The molecular weight excluding hydrogens is 675 g/mol. The van der Waals surface area contributed by atoms with Gasteiger partial charge in [-0.25, -0.2) is 9.18 Å². The van der Waals surface area contributed by atoms with E-state index >= 15 is 4.39 Å². The number of hydrogen-bond acceptors (Lipinski definition) is 6. The minimum atomic E-state index is -4.93. The number of pyridine rings is 1. The zero-order valence-electron chi connectivity index (χ0n) is 26.5. The van der Waals surface area contributed by atoms with Gasteiger partial charge in [-0.05, 0) is 67.5 Å². The maximum atomic E-state index is 15.1. The Labute approximate surface area is 285 Å². The van der Waals surface area contributed by atoms with Crippen LogP contribution < -0.4 is 20.7 Å². The number of nitrogens with one attached hydrogen (secondary N) is 3. The molecule has 4 rings (SSSR count). The first-order valence-electron chi connectivity index (χ1n) is 15.5. The minimum absolute atomic E-state index is 0.0920. The molecule has 2 aromatic rings. The highest BCUT2D eigenvalue weighted by Gasteiger charge is 2.45. The monoisotopic (exact) mass is 710 g/mol. The van der Waals surface area contributed by atoms with Crippen LogP contribution >= 0.6 is 11.6 Å². The predicted molar refractivity (Wildman–Crippen MR) is 171 cm³/mol. The molecule has 2 aliphatic carbocycles. The van der Waals surface area contributed by atoms with Crippen LogP contribution in [0.4, 0.5) is 26.7 Å². The van der Waals surface area contributed by atoms with Gasteiger partial charge < -0.3 is 25.4 Å². The average molecular weight is 711 g/mol. The summed E-state index contributed by atoms with van der Waals surface area (Å²) in [7, 11) is 1.28. The van der Waals surface area contributed by atoms with Crippen molar-refractivity contribution in [1.29, 1.82) is 0 Å². The number of ether oxygens (including phenoxy) is 2. The Kier molecular flexibility index (Phi) is 12.8. The Morgan fingerprint density at radius 1 is 1.12 bits per heavy atom. The molecule has 0 radical (unpaired) electrons. The van der Waals surface area contributed by atoms with Gasteiger partial charge in [0.25, 0.3) is 0 Å². The lowest BCUT2D eigenvalue weighted by Crippen LogP contribution is -2.53. The second kappa shape index (κ2) is 16.8. The number of amides is 3. The molecule has 0 spiro atoms. The van der Waals surface area contributed by atoms with Gasteiger partial charge in [0.05, 0.1) is 17.8 Å². The zero-order chi connectivity index (χ0) is 35.6. The van der Waals surface area contributed by atoms with Crippen molar-refractivity contribution in [3.05, 3.63) is 94.6 Å². The largest absolute Gasteiger partial charge is 0.469 e. The lowest BCUT2D eigenvalue weighted by Gasteiger charge is -2.36. The van der Waals surface area contributed by atoms with E-state index in [2.05, 4.69) is 30.4 Å². The molecule has 0 aliphatic heterocycles. The van der Waals surface area contributed by atoms with Gasteiger partial charge in [0.15, 0.2) is 0 Å². The van der Waals surface area contributed by atoms with Gasteiger partial charge in [-0.15, -0.1) is 0 Å². The van der Waals surface area contributed by atoms with Crippen LogP contribution in [0.3, 0.4) is 0 Å². The molecule has 2 aliphatic rings. The fourth-order valence-electron chi connectivity index (χ4n) is 5.72. The number of methoxy groups -OCH3 is 1. The molecule has 3 amide bonds. The Bertz CT molecular complexity index is 1590. The average Bonchev–Trinajstić information content (AvgIpc) is 3.36. The van der Waals surface area contributed by atoms with Crippen molar-refractivity contribution in [2.75, 3.05) is 13.7 Å². The summed E-state index contributed by atoms with van der Waals surface area (Å²) in [5.74, 6) is -3.01. The number of halogens is 6. The van der Waals surface area contributed by atoms with E-state index in [4.69, 9.17) is 11.6 Å². The fourth-order valence-corrected chi connectivity index (χ4v) is 5.84. The van der Waals surface area contributed by atoms with E-state index in [0.29, 0.717) is 43.7 Å². The number of carbonyl (C=O) groups is 3. The normalized spacial score (nSPS) is 18.7. The minimum Gasteiger partial charge on any atom is -0.469 e. The molecule has 3 N–H and O–H groups in total. The summed E-state index contributed by atoms with van der Waals surface area (Å²) in [5, 5.41) is 8.74. The van der Waals surface area contributed by atoms with Gasteiger partial charge in [0, 0.05) is 43.6 Å². The molecule has 1 aromatic heterocycles. The summed E-state index contributed by atoms with van der Waals surface area (Å²) in [6, 6.07) is 4.20. The number of nitrogens with zero attached hydrogens (tertiary/aromatic N) is 1. The van der Waals surface area contributed by atoms with Crippen molar-refractivity contribution in [3.8, 4) is 5.75 Å². The first kappa shape index (κ1) is 37.4. The predicted octanol–water partition coefficient (Wildman–Crippen LogP) is 6.72. The number of aromatic nitrogens is 1. The first-order valence-corrected chi connectivity index (χ1v) is 15.9. The molecule has 1 fully saturated rings.